The molecule has 19 heavy (non-hydrogen) atoms. The van der Waals surface area contributed by atoms with Gasteiger partial charge < -0.3 is 9.73 Å². The van der Waals surface area contributed by atoms with Crippen LogP contribution in [-0.4, -0.2) is 6.54 Å². The summed E-state index contributed by atoms with van der Waals surface area (Å²) in [5.74, 6) is 1.13. The van der Waals surface area contributed by atoms with Crippen molar-refractivity contribution in [3.8, 4) is 0 Å². The van der Waals surface area contributed by atoms with Crippen LogP contribution >= 0.6 is 0 Å². The second kappa shape index (κ2) is 5.01. The average molecular weight is 257 g/mol. The molecule has 1 aromatic carbocycles. The highest BCUT2D eigenvalue weighted by Crippen LogP contribution is 2.47. The maximum absolute atomic E-state index is 5.93. The third kappa shape index (κ3) is 2.42. The molecule has 3 rings (SSSR count). The highest BCUT2D eigenvalue weighted by molar-refractivity contribution is 5.82. The number of nitrogens with one attached hydrogen (secondary N) is 1. The van der Waals surface area contributed by atoms with E-state index in [1.165, 1.54) is 30.2 Å². The fraction of sp³-hybridized carbons (Fsp3) is 0.529. The van der Waals surface area contributed by atoms with Gasteiger partial charge in [0.2, 0.25) is 0 Å². The summed E-state index contributed by atoms with van der Waals surface area (Å²) in [5, 5.41) is 4.92. The van der Waals surface area contributed by atoms with Crippen LogP contribution in [0, 0.1) is 5.41 Å². The lowest BCUT2D eigenvalue weighted by Gasteiger charge is -2.13. The molecule has 1 heterocycles. The number of para-hydroxylation sites is 1. The largest absolute Gasteiger partial charge is 0.461 e. The van der Waals surface area contributed by atoms with E-state index in [9.17, 15) is 0 Å². The van der Waals surface area contributed by atoms with Gasteiger partial charge in [-0.2, -0.15) is 0 Å². The first-order valence-electron chi connectivity index (χ1n) is 7.48. The second-order valence-electron chi connectivity index (χ2n) is 5.81. The lowest BCUT2D eigenvalue weighted by molar-refractivity contribution is 0.441. The van der Waals surface area contributed by atoms with E-state index >= 15 is 0 Å². The zero-order valence-corrected chi connectivity index (χ0v) is 12.0. The van der Waals surface area contributed by atoms with Crippen LogP contribution in [0.3, 0.4) is 0 Å². The highest BCUT2D eigenvalue weighted by atomic mass is 16.3. The van der Waals surface area contributed by atoms with Crippen molar-refractivity contribution in [1.82, 2.24) is 5.32 Å². The van der Waals surface area contributed by atoms with Crippen molar-refractivity contribution in [2.24, 2.45) is 5.41 Å². The molecule has 1 saturated carbocycles. The van der Waals surface area contributed by atoms with Gasteiger partial charge in [0.05, 0.1) is 0 Å². The molecular formula is C17H23NO. The van der Waals surface area contributed by atoms with Crippen LogP contribution < -0.4 is 5.32 Å². The highest BCUT2D eigenvalue weighted by Gasteiger charge is 2.39. The topological polar surface area (TPSA) is 25.2 Å². The fourth-order valence-corrected chi connectivity index (χ4v) is 2.91. The van der Waals surface area contributed by atoms with Crippen LogP contribution in [-0.2, 0) is 13.0 Å². The van der Waals surface area contributed by atoms with Gasteiger partial charge in [0, 0.05) is 30.5 Å². The minimum atomic E-state index is 0.603. The van der Waals surface area contributed by atoms with Gasteiger partial charge in [-0.15, -0.1) is 0 Å². The zero-order valence-electron chi connectivity index (χ0n) is 12.0. The van der Waals surface area contributed by atoms with Crippen molar-refractivity contribution in [1.29, 1.82) is 0 Å². The standard InChI is InChI=1S/C17H23NO/c1-3-15-14(11-18-12-17(4-2)9-10-17)13-7-5-6-8-16(13)19-15/h5-8,18H,3-4,9-12H2,1-2H3. The van der Waals surface area contributed by atoms with Crippen molar-refractivity contribution in [3.05, 3.63) is 35.6 Å². The number of benzene rings is 1. The summed E-state index contributed by atoms with van der Waals surface area (Å²) in [6, 6.07) is 8.36. The van der Waals surface area contributed by atoms with Gasteiger partial charge in [-0.1, -0.05) is 32.0 Å². The number of rotatable bonds is 6. The normalized spacial score (nSPS) is 16.9. The first-order chi connectivity index (χ1) is 9.28. The summed E-state index contributed by atoms with van der Waals surface area (Å²) < 4.78 is 5.93. The molecule has 0 unspecified atom stereocenters. The number of furan rings is 1. The fourth-order valence-electron chi connectivity index (χ4n) is 2.91. The SMILES string of the molecule is CCc1oc2ccccc2c1CNCC1(CC)CC1. The third-order valence-corrected chi connectivity index (χ3v) is 4.61. The lowest BCUT2D eigenvalue weighted by Crippen LogP contribution is -2.23. The maximum Gasteiger partial charge on any atom is 0.134 e. The Labute approximate surface area is 115 Å². The van der Waals surface area contributed by atoms with Crippen LogP contribution in [0.2, 0.25) is 0 Å². The van der Waals surface area contributed by atoms with E-state index < -0.39 is 0 Å². The summed E-state index contributed by atoms with van der Waals surface area (Å²) in [6.45, 7) is 6.54. The van der Waals surface area contributed by atoms with Gasteiger partial charge in [-0.3, -0.25) is 0 Å². The lowest BCUT2D eigenvalue weighted by atomic mass is 10.0. The minimum Gasteiger partial charge on any atom is -0.461 e. The van der Waals surface area contributed by atoms with Gasteiger partial charge in [-0.05, 0) is 30.7 Å². The predicted octanol–water partition coefficient (Wildman–Crippen LogP) is 4.28. The van der Waals surface area contributed by atoms with E-state index in [2.05, 4.69) is 37.4 Å². The molecule has 2 aromatic rings. The van der Waals surface area contributed by atoms with Crippen LogP contribution in [0.5, 0.6) is 0 Å². The van der Waals surface area contributed by atoms with Crippen molar-refractivity contribution < 1.29 is 4.42 Å². The van der Waals surface area contributed by atoms with Crippen LogP contribution in [0.1, 0.15) is 44.4 Å². The van der Waals surface area contributed by atoms with Crippen LogP contribution in [0.4, 0.5) is 0 Å². The van der Waals surface area contributed by atoms with E-state index in [1.807, 2.05) is 6.07 Å². The molecule has 102 valence electrons. The summed E-state index contributed by atoms with van der Waals surface area (Å²) in [6.07, 6.45) is 5.05. The molecule has 0 spiro atoms. The van der Waals surface area contributed by atoms with Crippen molar-refractivity contribution in [2.75, 3.05) is 6.54 Å². The molecule has 0 amide bonds. The average Bonchev–Trinajstić information content (AvgIpc) is 3.14. The summed E-state index contributed by atoms with van der Waals surface area (Å²) in [7, 11) is 0. The molecule has 1 N–H and O–H groups in total. The van der Waals surface area contributed by atoms with Crippen molar-refractivity contribution in [2.45, 2.75) is 46.1 Å². The molecular weight excluding hydrogens is 234 g/mol. The molecule has 0 saturated heterocycles. The number of fused-ring (bicyclic) bond motifs is 1. The van der Waals surface area contributed by atoms with E-state index in [0.717, 1.165) is 30.9 Å². The molecule has 1 fully saturated rings. The van der Waals surface area contributed by atoms with E-state index in [1.54, 1.807) is 0 Å². The van der Waals surface area contributed by atoms with Gasteiger partial charge in [0.25, 0.3) is 0 Å². The Morgan fingerprint density at radius 3 is 2.68 bits per heavy atom. The minimum absolute atomic E-state index is 0.603. The monoisotopic (exact) mass is 257 g/mol. The molecule has 0 atom stereocenters. The van der Waals surface area contributed by atoms with Crippen molar-refractivity contribution >= 4 is 11.0 Å². The Morgan fingerprint density at radius 1 is 1.21 bits per heavy atom. The summed E-state index contributed by atoms with van der Waals surface area (Å²) in [5.41, 5.74) is 2.98. The molecule has 2 nitrogen and oxygen atoms in total. The Hall–Kier alpha value is -1.28. The molecule has 0 radical (unpaired) electrons. The predicted molar refractivity (Wildman–Crippen MR) is 79.3 cm³/mol. The Kier molecular flexibility index (Phi) is 3.36. The Balaban J connectivity index is 1.76. The van der Waals surface area contributed by atoms with E-state index in [4.69, 9.17) is 4.42 Å². The van der Waals surface area contributed by atoms with E-state index in [-0.39, 0.29) is 0 Å². The van der Waals surface area contributed by atoms with Crippen LogP contribution in [0.25, 0.3) is 11.0 Å². The molecule has 2 heteroatoms. The van der Waals surface area contributed by atoms with E-state index in [0.29, 0.717) is 5.41 Å². The zero-order chi connectivity index (χ0) is 13.3. The Morgan fingerprint density at radius 2 is 2.00 bits per heavy atom. The summed E-state index contributed by atoms with van der Waals surface area (Å²) >= 11 is 0. The Bertz CT molecular complexity index is 566. The maximum atomic E-state index is 5.93. The van der Waals surface area contributed by atoms with Gasteiger partial charge in [0.1, 0.15) is 11.3 Å². The molecule has 0 bridgehead atoms. The summed E-state index contributed by atoms with van der Waals surface area (Å²) in [4.78, 5) is 0. The van der Waals surface area contributed by atoms with Gasteiger partial charge >= 0.3 is 0 Å². The molecule has 1 aromatic heterocycles. The van der Waals surface area contributed by atoms with Gasteiger partial charge in [0.15, 0.2) is 0 Å². The number of aryl methyl sites for hydroxylation is 1. The first-order valence-corrected chi connectivity index (χ1v) is 7.48. The molecule has 1 aliphatic rings. The number of hydrogen-bond acceptors (Lipinski definition) is 2. The quantitative estimate of drug-likeness (QED) is 0.835. The smallest absolute Gasteiger partial charge is 0.134 e. The first kappa shape index (κ1) is 12.7. The molecule has 1 aliphatic carbocycles. The van der Waals surface area contributed by atoms with Gasteiger partial charge in [-0.25, -0.2) is 0 Å². The van der Waals surface area contributed by atoms with Crippen LogP contribution in [0.15, 0.2) is 28.7 Å². The number of hydrogen-bond donors (Lipinski definition) is 1. The van der Waals surface area contributed by atoms with Crippen molar-refractivity contribution in [3.63, 3.8) is 0 Å². The third-order valence-electron chi connectivity index (χ3n) is 4.61. The second-order valence-corrected chi connectivity index (χ2v) is 5.81. The molecule has 0 aliphatic heterocycles.